The van der Waals surface area contributed by atoms with Gasteiger partial charge in [0, 0.05) is 64.4 Å². The highest BCUT2D eigenvalue weighted by Gasteiger charge is 2.29. The van der Waals surface area contributed by atoms with E-state index in [4.69, 9.17) is 14.9 Å². The molecule has 2 aliphatic heterocycles. The number of thioether (sulfide) groups is 1. The second-order valence-electron chi connectivity index (χ2n) is 10.0. The van der Waals surface area contributed by atoms with Crippen molar-refractivity contribution in [1.29, 1.82) is 0 Å². The molecule has 2 fully saturated rings. The monoisotopic (exact) mass is 613 g/mol. The summed E-state index contributed by atoms with van der Waals surface area (Å²) in [6.45, 7) is 3.38. The lowest BCUT2D eigenvalue weighted by Gasteiger charge is -2.37. The number of nitrogens with zero attached hydrogens (tertiary/aromatic N) is 7. The first-order chi connectivity index (χ1) is 20.9. The number of carbonyl (C=O) groups excluding carboxylic acids is 2. The molecule has 2 saturated heterocycles. The van der Waals surface area contributed by atoms with E-state index in [1.165, 1.54) is 33.5 Å². The van der Waals surface area contributed by atoms with Crippen LogP contribution in [0.25, 0.3) is 17.2 Å². The smallest absolute Gasteiger partial charge is 0.261 e. The van der Waals surface area contributed by atoms with Crippen LogP contribution in [0, 0.1) is 11.6 Å². The van der Waals surface area contributed by atoms with Crippen LogP contribution in [0.4, 0.5) is 26.2 Å². The number of carbonyl (C=O) groups is 2. The van der Waals surface area contributed by atoms with Crippen LogP contribution in [0.1, 0.15) is 6.42 Å². The van der Waals surface area contributed by atoms with Crippen LogP contribution >= 0.6 is 11.8 Å². The molecular formula is C27H29F2N9O4S. The number of benzene rings is 1. The largest absolute Gasteiger partial charge is 0.477 e. The Morgan fingerprint density at radius 2 is 2.05 bits per heavy atom. The molecule has 226 valence electrons. The standard InChI is InChI=1S/C27H29F2N9O4S/c1-43-22-24(33-27(30)38-25(22)32-23(34-38)19-3-2-12-41-19)37(15-39)11-8-35-6-9-36(10-7-35)18-14-21(17(29)13-16(18)28)42-20-4-5-31-26(20)40/h2-3,12-15,20H,4-11H2,1H3,(H2,30,33)(H,31,40)/t20-/m1/s1. The number of hydrogen-bond donors (Lipinski definition) is 2. The van der Waals surface area contributed by atoms with Crippen LogP contribution < -0.4 is 25.6 Å². The van der Waals surface area contributed by atoms with Crippen molar-refractivity contribution in [3.05, 3.63) is 42.2 Å². The number of nitrogens with one attached hydrogen (secondary N) is 1. The number of aromatic nitrogens is 4. The maximum Gasteiger partial charge on any atom is 0.261 e. The minimum absolute atomic E-state index is 0.0757. The summed E-state index contributed by atoms with van der Waals surface area (Å²) >= 11 is 1.37. The normalized spacial score (nSPS) is 17.4. The van der Waals surface area contributed by atoms with Gasteiger partial charge in [-0.15, -0.1) is 16.9 Å². The van der Waals surface area contributed by atoms with E-state index < -0.39 is 17.7 Å². The van der Waals surface area contributed by atoms with Crippen molar-refractivity contribution in [1.82, 2.24) is 29.8 Å². The van der Waals surface area contributed by atoms with Crippen molar-refractivity contribution < 1.29 is 27.5 Å². The number of nitrogens with two attached hydrogens (primary N) is 1. The Labute approximate surface area is 249 Å². The van der Waals surface area contributed by atoms with Gasteiger partial charge in [0.15, 0.2) is 34.9 Å². The third kappa shape index (κ3) is 5.67. The van der Waals surface area contributed by atoms with Gasteiger partial charge in [0.1, 0.15) is 5.82 Å². The first kappa shape index (κ1) is 28.7. The summed E-state index contributed by atoms with van der Waals surface area (Å²) in [7, 11) is 0. The number of piperazine rings is 1. The van der Waals surface area contributed by atoms with E-state index in [-0.39, 0.29) is 23.3 Å². The summed E-state index contributed by atoms with van der Waals surface area (Å²) in [4.78, 5) is 39.2. The number of nitrogen functional groups attached to an aromatic ring is 1. The van der Waals surface area contributed by atoms with Gasteiger partial charge in [-0.3, -0.25) is 19.4 Å². The lowest BCUT2D eigenvalue weighted by Crippen LogP contribution is -2.48. The molecule has 1 atom stereocenters. The van der Waals surface area contributed by atoms with Crippen molar-refractivity contribution >= 4 is 47.2 Å². The Balaban J connectivity index is 1.12. The van der Waals surface area contributed by atoms with Crippen LogP contribution in [-0.2, 0) is 9.59 Å². The lowest BCUT2D eigenvalue weighted by molar-refractivity contribution is -0.125. The lowest BCUT2D eigenvalue weighted by atomic mass is 10.2. The molecule has 0 spiro atoms. The number of furan rings is 1. The fraction of sp³-hybridized carbons (Fsp3) is 0.370. The molecule has 3 N–H and O–H groups in total. The fourth-order valence-corrected chi connectivity index (χ4v) is 5.83. The van der Waals surface area contributed by atoms with Gasteiger partial charge < -0.3 is 25.1 Å². The van der Waals surface area contributed by atoms with Gasteiger partial charge in [0.25, 0.3) is 5.91 Å². The van der Waals surface area contributed by atoms with Gasteiger partial charge in [0.05, 0.1) is 16.8 Å². The molecule has 0 aliphatic carbocycles. The van der Waals surface area contributed by atoms with E-state index in [0.717, 1.165) is 6.07 Å². The number of hydrogen-bond acceptors (Lipinski definition) is 11. The molecular weight excluding hydrogens is 584 g/mol. The molecule has 16 heteroatoms. The fourth-order valence-electron chi connectivity index (χ4n) is 5.17. The third-order valence-electron chi connectivity index (χ3n) is 7.43. The molecule has 13 nitrogen and oxygen atoms in total. The molecule has 2 aliphatic rings. The van der Waals surface area contributed by atoms with Gasteiger partial charge in [0.2, 0.25) is 18.2 Å². The van der Waals surface area contributed by atoms with Gasteiger partial charge in [-0.2, -0.15) is 9.50 Å². The molecule has 0 radical (unpaired) electrons. The number of fused-ring (bicyclic) bond motifs is 1. The highest BCUT2D eigenvalue weighted by atomic mass is 32.2. The van der Waals surface area contributed by atoms with Crippen LogP contribution in [0.2, 0.25) is 0 Å². The van der Waals surface area contributed by atoms with Crippen LogP contribution in [0.5, 0.6) is 5.75 Å². The summed E-state index contributed by atoms with van der Waals surface area (Å²) in [6.07, 6.45) is 3.70. The van der Waals surface area contributed by atoms with Crippen LogP contribution in [-0.4, -0.2) is 95.0 Å². The molecule has 0 bridgehead atoms. The molecule has 0 unspecified atom stereocenters. The molecule has 4 aromatic rings. The summed E-state index contributed by atoms with van der Waals surface area (Å²) < 4.78 is 41.6. The zero-order valence-electron chi connectivity index (χ0n) is 23.2. The van der Waals surface area contributed by atoms with Gasteiger partial charge >= 0.3 is 0 Å². The van der Waals surface area contributed by atoms with E-state index >= 15 is 0 Å². The minimum Gasteiger partial charge on any atom is -0.477 e. The Kier molecular flexibility index (Phi) is 8.03. The Morgan fingerprint density at radius 3 is 2.72 bits per heavy atom. The Bertz CT molecular complexity index is 1640. The summed E-state index contributed by atoms with van der Waals surface area (Å²) in [5.74, 6) is -0.739. The van der Waals surface area contributed by atoms with E-state index in [0.29, 0.717) is 86.6 Å². The van der Waals surface area contributed by atoms with Gasteiger partial charge in [-0.1, -0.05) is 0 Å². The van der Waals surface area contributed by atoms with Crippen molar-refractivity contribution in [2.45, 2.75) is 17.4 Å². The topological polar surface area (TPSA) is 147 Å². The number of ether oxygens (including phenoxy) is 1. The quantitative estimate of drug-likeness (QED) is 0.200. The second-order valence-corrected chi connectivity index (χ2v) is 10.8. The third-order valence-corrected chi connectivity index (χ3v) is 8.21. The van der Waals surface area contributed by atoms with E-state index in [9.17, 15) is 18.4 Å². The van der Waals surface area contributed by atoms with E-state index in [1.54, 1.807) is 12.1 Å². The molecule has 6 rings (SSSR count). The second kappa shape index (κ2) is 12.0. The Hall–Kier alpha value is -4.44. The van der Waals surface area contributed by atoms with Crippen molar-refractivity contribution in [2.24, 2.45) is 0 Å². The number of anilines is 3. The SMILES string of the molecule is CSc1c(N(C=O)CCN2CCN(c3cc(O[C@@H]4CCNC4=O)c(F)cc3F)CC2)nc(N)n2nc(-c3ccco3)nc12. The molecule has 1 aromatic carbocycles. The number of halogens is 2. The van der Waals surface area contributed by atoms with Crippen LogP contribution in [0.3, 0.4) is 0 Å². The maximum absolute atomic E-state index is 14.8. The molecule has 2 amide bonds. The highest BCUT2D eigenvalue weighted by molar-refractivity contribution is 7.99. The predicted octanol–water partition coefficient (Wildman–Crippen LogP) is 2.02. The van der Waals surface area contributed by atoms with Gasteiger partial charge in [-0.05, 0) is 18.4 Å². The number of rotatable bonds is 10. The summed E-state index contributed by atoms with van der Waals surface area (Å²) in [5, 5.41) is 7.04. The number of amides is 2. The van der Waals surface area contributed by atoms with Crippen molar-refractivity contribution in [3.63, 3.8) is 0 Å². The first-order valence-corrected chi connectivity index (χ1v) is 14.9. The van der Waals surface area contributed by atoms with Crippen molar-refractivity contribution in [2.75, 3.05) is 67.6 Å². The summed E-state index contributed by atoms with van der Waals surface area (Å²) in [6, 6.07) is 5.58. The Morgan fingerprint density at radius 1 is 1.23 bits per heavy atom. The van der Waals surface area contributed by atoms with E-state index in [2.05, 4.69) is 25.3 Å². The molecule has 5 heterocycles. The average Bonchev–Trinajstić information content (AvgIpc) is 3.77. The average molecular weight is 614 g/mol. The summed E-state index contributed by atoms with van der Waals surface area (Å²) in [5.41, 5.74) is 6.87. The zero-order valence-corrected chi connectivity index (χ0v) is 24.0. The molecule has 43 heavy (non-hydrogen) atoms. The maximum atomic E-state index is 14.8. The zero-order chi connectivity index (χ0) is 30.1. The highest BCUT2D eigenvalue weighted by Crippen LogP contribution is 2.33. The molecule has 3 aromatic heterocycles. The van der Waals surface area contributed by atoms with Gasteiger partial charge in [-0.25, -0.2) is 13.8 Å². The first-order valence-electron chi connectivity index (χ1n) is 13.6. The van der Waals surface area contributed by atoms with Crippen molar-refractivity contribution in [3.8, 4) is 17.3 Å². The predicted molar refractivity (Wildman–Crippen MR) is 155 cm³/mol. The van der Waals surface area contributed by atoms with E-state index in [1.807, 2.05) is 11.2 Å². The minimum atomic E-state index is -0.853. The van der Waals surface area contributed by atoms with Crippen LogP contribution in [0.15, 0.2) is 39.8 Å². The molecule has 0 saturated carbocycles.